The van der Waals surface area contributed by atoms with Crippen LogP contribution in [0.3, 0.4) is 0 Å². The average Bonchev–Trinajstić information content (AvgIpc) is 2.92. The molecule has 0 aliphatic rings. The van der Waals surface area contributed by atoms with Gasteiger partial charge in [0.15, 0.2) is 0 Å². The van der Waals surface area contributed by atoms with Crippen LogP contribution in [0, 0.1) is 0 Å². The van der Waals surface area contributed by atoms with Crippen molar-refractivity contribution in [3.05, 3.63) is 36.2 Å². The highest BCUT2D eigenvalue weighted by Gasteiger charge is 2.15. The molecule has 0 aliphatic carbocycles. The van der Waals surface area contributed by atoms with Crippen LogP contribution in [0.1, 0.15) is 31.9 Å². The minimum absolute atomic E-state index is 0.360. The van der Waals surface area contributed by atoms with Crippen LogP contribution in [-0.4, -0.2) is 30.0 Å². The Kier molecular flexibility index (Phi) is 5.22. The molecule has 2 rings (SSSR count). The fourth-order valence-corrected chi connectivity index (χ4v) is 2.32. The molecule has 0 unspecified atom stereocenters. The maximum Gasteiger partial charge on any atom is 0.121 e. The number of hydrogen-bond acceptors (Lipinski definition) is 4. The summed E-state index contributed by atoms with van der Waals surface area (Å²) in [7, 11) is 1.67. The normalized spacial score (nSPS) is 10.9. The lowest BCUT2D eigenvalue weighted by atomic mass is 10.1. The van der Waals surface area contributed by atoms with E-state index in [9.17, 15) is 0 Å². The lowest BCUT2D eigenvalue weighted by Gasteiger charge is -2.14. The summed E-state index contributed by atoms with van der Waals surface area (Å²) in [4.78, 5) is 0. The molecule has 0 amide bonds. The van der Waals surface area contributed by atoms with E-state index in [0.29, 0.717) is 12.5 Å². The molecular formula is C16H24N4O. The first-order chi connectivity index (χ1) is 10.2. The second kappa shape index (κ2) is 7.13. The standard InChI is InChI=1S/C16H24N4O/c1-12(2)16-15(18-9-5-8-17)11-19-20(16)13-6-4-7-14(10-13)21-3/h4,6-7,10-12,18H,5,8-9,17H2,1-3H3. The van der Waals surface area contributed by atoms with Gasteiger partial charge in [0, 0.05) is 12.6 Å². The molecule has 1 aromatic carbocycles. The van der Waals surface area contributed by atoms with Gasteiger partial charge in [0.2, 0.25) is 0 Å². The van der Waals surface area contributed by atoms with Crippen LogP contribution < -0.4 is 15.8 Å². The van der Waals surface area contributed by atoms with Crippen molar-refractivity contribution in [1.82, 2.24) is 9.78 Å². The summed E-state index contributed by atoms with van der Waals surface area (Å²) in [6, 6.07) is 7.93. The summed E-state index contributed by atoms with van der Waals surface area (Å²) in [5, 5.41) is 7.95. The highest BCUT2D eigenvalue weighted by Crippen LogP contribution is 2.28. The molecule has 1 heterocycles. The zero-order valence-corrected chi connectivity index (χ0v) is 13.0. The monoisotopic (exact) mass is 288 g/mol. The minimum Gasteiger partial charge on any atom is -0.497 e. The second-order valence-corrected chi connectivity index (χ2v) is 5.28. The molecule has 0 saturated heterocycles. The molecule has 0 saturated carbocycles. The molecule has 114 valence electrons. The second-order valence-electron chi connectivity index (χ2n) is 5.28. The van der Waals surface area contributed by atoms with E-state index in [1.807, 2.05) is 35.1 Å². The van der Waals surface area contributed by atoms with E-state index in [2.05, 4.69) is 24.3 Å². The lowest BCUT2D eigenvalue weighted by molar-refractivity contribution is 0.414. The molecule has 3 N–H and O–H groups in total. The van der Waals surface area contributed by atoms with Crippen molar-refractivity contribution in [2.45, 2.75) is 26.2 Å². The molecule has 21 heavy (non-hydrogen) atoms. The van der Waals surface area contributed by atoms with Gasteiger partial charge in [-0.2, -0.15) is 5.10 Å². The van der Waals surface area contributed by atoms with Gasteiger partial charge < -0.3 is 15.8 Å². The van der Waals surface area contributed by atoms with E-state index < -0.39 is 0 Å². The zero-order chi connectivity index (χ0) is 15.2. The van der Waals surface area contributed by atoms with Crippen LogP contribution in [0.5, 0.6) is 5.75 Å². The summed E-state index contributed by atoms with van der Waals surface area (Å²) < 4.78 is 7.26. The highest BCUT2D eigenvalue weighted by molar-refractivity contribution is 5.52. The predicted octanol–water partition coefficient (Wildman–Crippen LogP) is 2.77. The number of aromatic nitrogens is 2. The molecule has 0 spiro atoms. The van der Waals surface area contributed by atoms with E-state index in [-0.39, 0.29) is 0 Å². The van der Waals surface area contributed by atoms with Crippen molar-refractivity contribution in [2.75, 3.05) is 25.5 Å². The molecule has 0 atom stereocenters. The smallest absolute Gasteiger partial charge is 0.121 e. The third-order valence-corrected chi connectivity index (χ3v) is 3.35. The molecule has 0 fully saturated rings. The molecule has 5 nitrogen and oxygen atoms in total. The van der Waals surface area contributed by atoms with Crippen LogP contribution in [-0.2, 0) is 0 Å². The van der Waals surface area contributed by atoms with Crippen molar-refractivity contribution >= 4 is 5.69 Å². The Labute approximate surface area is 126 Å². The van der Waals surface area contributed by atoms with Gasteiger partial charge in [0.1, 0.15) is 5.75 Å². The minimum atomic E-state index is 0.360. The van der Waals surface area contributed by atoms with Crippen LogP contribution in [0.4, 0.5) is 5.69 Å². The summed E-state index contributed by atoms with van der Waals surface area (Å²) >= 11 is 0. The first kappa shape index (κ1) is 15.4. The number of nitrogens with one attached hydrogen (secondary N) is 1. The van der Waals surface area contributed by atoms with Crippen molar-refractivity contribution in [3.63, 3.8) is 0 Å². The van der Waals surface area contributed by atoms with Gasteiger partial charge in [-0.3, -0.25) is 0 Å². The van der Waals surface area contributed by atoms with Gasteiger partial charge in [0.25, 0.3) is 0 Å². The maximum atomic E-state index is 5.54. The first-order valence-electron chi connectivity index (χ1n) is 7.33. The number of nitrogens with zero attached hydrogens (tertiary/aromatic N) is 2. The Balaban J connectivity index is 2.34. The van der Waals surface area contributed by atoms with E-state index in [0.717, 1.165) is 30.1 Å². The van der Waals surface area contributed by atoms with Crippen LogP contribution in [0.15, 0.2) is 30.5 Å². The Morgan fingerprint density at radius 1 is 1.38 bits per heavy atom. The van der Waals surface area contributed by atoms with Crippen LogP contribution in [0.25, 0.3) is 5.69 Å². The van der Waals surface area contributed by atoms with Crippen molar-refractivity contribution < 1.29 is 4.74 Å². The number of hydrogen-bond donors (Lipinski definition) is 2. The van der Waals surface area contributed by atoms with Crippen molar-refractivity contribution in [3.8, 4) is 11.4 Å². The number of anilines is 1. The van der Waals surface area contributed by atoms with E-state index in [4.69, 9.17) is 10.5 Å². The van der Waals surface area contributed by atoms with Gasteiger partial charge in [0.05, 0.1) is 30.4 Å². The Bertz CT molecular complexity index is 577. The Morgan fingerprint density at radius 3 is 2.86 bits per heavy atom. The number of methoxy groups -OCH3 is 1. The quantitative estimate of drug-likeness (QED) is 0.769. The van der Waals surface area contributed by atoms with Gasteiger partial charge in [-0.05, 0) is 31.0 Å². The molecule has 5 heteroatoms. The summed E-state index contributed by atoms with van der Waals surface area (Å²) in [6.45, 7) is 5.89. The van der Waals surface area contributed by atoms with Gasteiger partial charge in [-0.15, -0.1) is 0 Å². The highest BCUT2D eigenvalue weighted by atomic mass is 16.5. The molecule has 0 aliphatic heterocycles. The van der Waals surface area contributed by atoms with Crippen molar-refractivity contribution in [1.29, 1.82) is 0 Å². The molecule has 0 radical (unpaired) electrons. The van der Waals surface area contributed by atoms with E-state index in [1.54, 1.807) is 7.11 Å². The van der Waals surface area contributed by atoms with Gasteiger partial charge >= 0.3 is 0 Å². The SMILES string of the molecule is COc1cccc(-n2ncc(NCCCN)c2C(C)C)c1. The van der Waals surface area contributed by atoms with E-state index >= 15 is 0 Å². The van der Waals surface area contributed by atoms with Gasteiger partial charge in [-0.25, -0.2) is 4.68 Å². The van der Waals surface area contributed by atoms with Crippen LogP contribution >= 0.6 is 0 Å². The number of nitrogens with two attached hydrogens (primary N) is 1. The summed E-state index contributed by atoms with van der Waals surface area (Å²) in [5.74, 6) is 1.19. The lowest BCUT2D eigenvalue weighted by Crippen LogP contribution is -2.11. The molecule has 2 aromatic rings. The third kappa shape index (κ3) is 3.55. The number of benzene rings is 1. The first-order valence-corrected chi connectivity index (χ1v) is 7.33. The summed E-state index contributed by atoms with van der Waals surface area (Å²) in [5.41, 5.74) is 8.79. The van der Waals surface area contributed by atoms with Crippen molar-refractivity contribution in [2.24, 2.45) is 5.73 Å². The largest absolute Gasteiger partial charge is 0.497 e. The topological polar surface area (TPSA) is 65.1 Å². The molecule has 1 aromatic heterocycles. The number of ether oxygens (including phenoxy) is 1. The molecular weight excluding hydrogens is 264 g/mol. The van der Waals surface area contributed by atoms with Gasteiger partial charge in [-0.1, -0.05) is 19.9 Å². The fourth-order valence-electron chi connectivity index (χ4n) is 2.32. The maximum absolute atomic E-state index is 5.54. The molecule has 0 bridgehead atoms. The van der Waals surface area contributed by atoms with E-state index in [1.165, 1.54) is 5.69 Å². The average molecular weight is 288 g/mol. The Morgan fingerprint density at radius 2 is 2.19 bits per heavy atom. The Hall–Kier alpha value is -2.01. The predicted molar refractivity (Wildman–Crippen MR) is 86.4 cm³/mol. The van der Waals surface area contributed by atoms with Crippen LogP contribution in [0.2, 0.25) is 0 Å². The number of rotatable bonds is 7. The summed E-state index contributed by atoms with van der Waals surface area (Å²) in [6.07, 6.45) is 2.83. The zero-order valence-electron chi connectivity index (χ0n) is 13.0. The fraction of sp³-hybridized carbons (Fsp3) is 0.438. The third-order valence-electron chi connectivity index (χ3n) is 3.35.